The zero-order valence-electron chi connectivity index (χ0n) is 5.77. The van der Waals surface area contributed by atoms with E-state index in [4.69, 9.17) is 39.9 Å². The maximum Gasteiger partial charge on any atom is 0.321 e. The second-order valence-corrected chi connectivity index (χ2v) is 3.59. The molecule has 1 N–H and O–H groups in total. The minimum atomic E-state index is -1.01. The predicted molar refractivity (Wildman–Crippen MR) is 46.9 cm³/mol. The van der Waals surface area contributed by atoms with Gasteiger partial charge >= 0.3 is 5.97 Å². The Bertz CT molecular complexity index is 129. The van der Waals surface area contributed by atoms with Crippen molar-refractivity contribution in [3.05, 3.63) is 0 Å². The molecule has 66 valence electrons. The molecule has 0 saturated carbocycles. The molecule has 0 fully saturated rings. The number of aliphatic carboxylic acids is 1. The van der Waals surface area contributed by atoms with Crippen LogP contribution in [0.25, 0.3) is 0 Å². The molecule has 2 nitrogen and oxygen atoms in total. The average molecular weight is 219 g/mol. The Morgan fingerprint density at radius 3 is 2.27 bits per heavy atom. The van der Waals surface area contributed by atoms with Crippen LogP contribution in [0.2, 0.25) is 0 Å². The lowest BCUT2D eigenvalue weighted by atomic mass is 10.2. The first-order chi connectivity index (χ1) is 5.07. The fraction of sp³-hybridized carbons (Fsp3) is 0.833. The van der Waals surface area contributed by atoms with Crippen molar-refractivity contribution in [2.45, 2.75) is 23.6 Å². The quantitative estimate of drug-likeness (QED) is 0.721. The molecule has 2 unspecified atom stereocenters. The third-order valence-corrected chi connectivity index (χ3v) is 2.48. The van der Waals surface area contributed by atoms with Gasteiger partial charge in [-0.3, -0.25) is 4.79 Å². The van der Waals surface area contributed by atoms with Crippen molar-refractivity contribution in [2.75, 3.05) is 5.88 Å². The molecule has 0 saturated heterocycles. The van der Waals surface area contributed by atoms with Gasteiger partial charge in [0.05, 0.1) is 0 Å². The molecule has 0 heterocycles. The lowest BCUT2D eigenvalue weighted by Gasteiger charge is -2.06. The van der Waals surface area contributed by atoms with Crippen LogP contribution in [0.5, 0.6) is 0 Å². The summed E-state index contributed by atoms with van der Waals surface area (Å²) in [5.74, 6) is -0.685. The Balaban J connectivity index is 3.45. The van der Waals surface area contributed by atoms with Crippen LogP contribution in [0, 0.1) is 0 Å². The number of hydrogen-bond acceptors (Lipinski definition) is 1. The van der Waals surface area contributed by atoms with E-state index < -0.39 is 11.3 Å². The molecule has 5 heteroatoms. The van der Waals surface area contributed by atoms with Gasteiger partial charge in [0.1, 0.15) is 5.38 Å². The van der Waals surface area contributed by atoms with Crippen LogP contribution in [0.3, 0.4) is 0 Å². The summed E-state index contributed by atoms with van der Waals surface area (Å²) in [7, 11) is 0. The molecule has 11 heavy (non-hydrogen) atoms. The first-order valence-corrected chi connectivity index (χ1v) is 4.55. The lowest BCUT2D eigenvalue weighted by molar-refractivity contribution is -0.136. The lowest BCUT2D eigenvalue weighted by Crippen LogP contribution is -2.15. The highest BCUT2D eigenvalue weighted by molar-refractivity contribution is 6.30. The highest BCUT2D eigenvalue weighted by atomic mass is 35.5. The summed E-state index contributed by atoms with van der Waals surface area (Å²) in [6.07, 6.45) is 0.892. The fourth-order valence-corrected chi connectivity index (χ4v) is 0.934. The molecule has 0 spiro atoms. The molecule has 0 aliphatic heterocycles. The smallest absolute Gasteiger partial charge is 0.321 e. The number of carboxylic acid groups (broad SMARTS) is 1. The highest BCUT2D eigenvalue weighted by Crippen LogP contribution is 2.12. The van der Waals surface area contributed by atoms with Gasteiger partial charge in [0.15, 0.2) is 0 Å². The molecule has 2 atom stereocenters. The van der Waals surface area contributed by atoms with Crippen LogP contribution in [0.15, 0.2) is 0 Å². The van der Waals surface area contributed by atoms with Crippen molar-refractivity contribution in [1.82, 2.24) is 0 Å². The van der Waals surface area contributed by atoms with Crippen LogP contribution in [0.1, 0.15) is 12.8 Å². The standard InChI is InChI=1S/C6H9Cl3O2/c7-3-4(8)1-2-5(9)6(10)11/h4-5H,1-3H2,(H,10,11). The second kappa shape index (κ2) is 5.92. The summed E-state index contributed by atoms with van der Waals surface area (Å²) in [5, 5.41) is 7.33. The molecule has 0 amide bonds. The van der Waals surface area contributed by atoms with Gasteiger partial charge in [-0.05, 0) is 12.8 Å². The van der Waals surface area contributed by atoms with E-state index in [1.54, 1.807) is 0 Å². The molecule has 0 rings (SSSR count). The number of halogens is 3. The van der Waals surface area contributed by atoms with E-state index in [1.807, 2.05) is 0 Å². The molecule has 0 aromatic carbocycles. The van der Waals surface area contributed by atoms with Crippen molar-refractivity contribution in [1.29, 1.82) is 0 Å². The minimum Gasteiger partial charge on any atom is -0.480 e. The Hall–Kier alpha value is 0.340. The van der Waals surface area contributed by atoms with Crippen LogP contribution >= 0.6 is 34.8 Å². The topological polar surface area (TPSA) is 37.3 Å². The molecule has 0 bridgehead atoms. The van der Waals surface area contributed by atoms with Gasteiger partial charge in [-0.25, -0.2) is 0 Å². The Labute approximate surface area is 80.4 Å². The summed E-state index contributed by atoms with van der Waals surface area (Å²) < 4.78 is 0. The summed E-state index contributed by atoms with van der Waals surface area (Å²) >= 11 is 16.4. The van der Waals surface area contributed by atoms with Crippen LogP contribution in [-0.4, -0.2) is 27.7 Å². The van der Waals surface area contributed by atoms with Gasteiger partial charge in [-0.1, -0.05) is 0 Å². The summed E-state index contributed by atoms with van der Waals surface area (Å²) in [6, 6.07) is 0. The van der Waals surface area contributed by atoms with E-state index >= 15 is 0 Å². The van der Waals surface area contributed by atoms with E-state index in [2.05, 4.69) is 0 Å². The monoisotopic (exact) mass is 218 g/mol. The molecule has 0 aromatic heterocycles. The maximum atomic E-state index is 10.2. The number of alkyl halides is 3. The minimum absolute atomic E-state index is 0.183. The normalized spacial score (nSPS) is 15.9. The summed E-state index contributed by atoms with van der Waals surface area (Å²) in [6.45, 7) is 0. The van der Waals surface area contributed by atoms with Crippen molar-refractivity contribution < 1.29 is 9.90 Å². The maximum absolute atomic E-state index is 10.2. The largest absolute Gasteiger partial charge is 0.480 e. The molecule has 0 radical (unpaired) electrons. The van der Waals surface area contributed by atoms with Crippen LogP contribution in [0.4, 0.5) is 0 Å². The van der Waals surface area contributed by atoms with Crippen molar-refractivity contribution in [3.8, 4) is 0 Å². The summed E-state index contributed by atoms with van der Waals surface area (Å²) in [5.41, 5.74) is 0. The molecule has 0 aromatic rings. The Kier molecular flexibility index (Phi) is 6.11. The number of hydrogen-bond donors (Lipinski definition) is 1. The van der Waals surface area contributed by atoms with E-state index in [1.165, 1.54) is 0 Å². The van der Waals surface area contributed by atoms with Crippen molar-refractivity contribution in [3.63, 3.8) is 0 Å². The summed E-state index contributed by atoms with van der Waals surface area (Å²) in [4.78, 5) is 10.2. The highest BCUT2D eigenvalue weighted by Gasteiger charge is 2.14. The number of carbonyl (C=O) groups is 1. The molecular weight excluding hydrogens is 210 g/mol. The van der Waals surface area contributed by atoms with Crippen LogP contribution < -0.4 is 0 Å². The Morgan fingerprint density at radius 2 is 1.91 bits per heavy atom. The second-order valence-electron chi connectivity index (χ2n) is 2.13. The zero-order valence-corrected chi connectivity index (χ0v) is 8.03. The van der Waals surface area contributed by atoms with Gasteiger partial charge < -0.3 is 5.11 Å². The molecule has 0 aliphatic carbocycles. The SMILES string of the molecule is O=C(O)C(Cl)CCC(Cl)CCl. The zero-order chi connectivity index (χ0) is 8.85. The number of rotatable bonds is 5. The third kappa shape index (κ3) is 5.59. The van der Waals surface area contributed by atoms with Gasteiger partial charge in [-0.15, -0.1) is 34.8 Å². The van der Waals surface area contributed by atoms with Crippen molar-refractivity contribution in [2.24, 2.45) is 0 Å². The van der Waals surface area contributed by atoms with Gasteiger partial charge in [0.2, 0.25) is 0 Å². The Morgan fingerprint density at radius 1 is 1.36 bits per heavy atom. The predicted octanol–water partition coefficient (Wildman–Crippen LogP) is 2.30. The number of carboxylic acids is 1. The van der Waals surface area contributed by atoms with Gasteiger partial charge in [0.25, 0.3) is 0 Å². The average Bonchev–Trinajstić information content (AvgIpc) is 1.99. The van der Waals surface area contributed by atoms with E-state index in [9.17, 15) is 4.79 Å². The first kappa shape index (κ1) is 11.3. The van der Waals surface area contributed by atoms with E-state index in [0.29, 0.717) is 18.7 Å². The van der Waals surface area contributed by atoms with E-state index in [0.717, 1.165) is 0 Å². The third-order valence-electron chi connectivity index (χ3n) is 1.17. The first-order valence-electron chi connectivity index (χ1n) is 3.14. The fourth-order valence-electron chi connectivity index (χ4n) is 0.528. The van der Waals surface area contributed by atoms with Gasteiger partial charge in [-0.2, -0.15) is 0 Å². The molecule has 0 aliphatic rings. The van der Waals surface area contributed by atoms with E-state index in [-0.39, 0.29) is 5.38 Å². The van der Waals surface area contributed by atoms with Crippen LogP contribution in [-0.2, 0) is 4.79 Å². The van der Waals surface area contributed by atoms with Gasteiger partial charge in [0, 0.05) is 11.3 Å². The van der Waals surface area contributed by atoms with Crippen molar-refractivity contribution >= 4 is 40.8 Å². The molecular formula is C6H9Cl3O2.